The second kappa shape index (κ2) is 7.13. The minimum absolute atomic E-state index is 0.178. The van der Waals surface area contributed by atoms with Crippen LogP contribution in [0.2, 0.25) is 0 Å². The molecule has 0 aliphatic heterocycles. The minimum atomic E-state index is -4.71. The Hall–Kier alpha value is -1.27. The largest absolute Gasteiger partial charge is 0.573 e. The van der Waals surface area contributed by atoms with Gasteiger partial charge in [0.15, 0.2) is 0 Å². The first-order valence-electron chi connectivity index (χ1n) is 6.76. The summed E-state index contributed by atoms with van der Waals surface area (Å²) in [5.74, 6) is 0.00541. The predicted molar refractivity (Wildman–Crippen MR) is 72.9 cm³/mol. The predicted octanol–water partition coefficient (Wildman–Crippen LogP) is 3.14. The molecule has 0 amide bonds. The van der Waals surface area contributed by atoms with Crippen molar-refractivity contribution in [1.82, 2.24) is 0 Å². The second-order valence-corrected chi connectivity index (χ2v) is 5.78. The average molecular weight is 306 g/mol. The molecule has 0 atom stereocenters. The monoisotopic (exact) mass is 306 g/mol. The van der Waals surface area contributed by atoms with Crippen LogP contribution in [0.1, 0.15) is 25.8 Å². The highest BCUT2D eigenvalue weighted by Gasteiger charge is 2.32. The third-order valence-electron chi connectivity index (χ3n) is 3.25. The summed E-state index contributed by atoms with van der Waals surface area (Å²) < 4.78 is 40.0. The molecule has 0 fully saturated rings. The van der Waals surface area contributed by atoms with Crippen LogP contribution in [0.3, 0.4) is 0 Å². The van der Waals surface area contributed by atoms with Crippen LogP contribution in [0.5, 0.6) is 5.75 Å². The Bertz CT molecular complexity index is 423. The van der Waals surface area contributed by atoms with Crippen LogP contribution in [-0.4, -0.2) is 29.8 Å². The van der Waals surface area contributed by atoms with Crippen LogP contribution in [0.15, 0.2) is 24.3 Å². The zero-order valence-electron chi connectivity index (χ0n) is 12.2. The summed E-state index contributed by atoms with van der Waals surface area (Å²) in [5, 5.41) is 19.1. The Morgan fingerprint density at radius 1 is 1.05 bits per heavy atom. The van der Waals surface area contributed by atoms with Crippen molar-refractivity contribution >= 4 is 0 Å². The van der Waals surface area contributed by atoms with Crippen LogP contribution in [0, 0.1) is 11.3 Å². The fraction of sp³-hybridized carbons (Fsp3) is 0.600. The molecule has 0 radical (unpaired) electrons. The van der Waals surface area contributed by atoms with E-state index in [-0.39, 0.29) is 24.9 Å². The number of aliphatic hydroxyl groups is 2. The number of rotatable bonds is 7. The first-order chi connectivity index (χ1) is 9.69. The highest BCUT2D eigenvalue weighted by atomic mass is 19.4. The van der Waals surface area contributed by atoms with Gasteiger partial charge in [-0.3, -0.25) is 0 Å². The average Bonchev–Trinajstić information content (AvgIpc) is 2.38. The molecule has 1 rings (SSSR count). The Balaban J connectivity index is 2.81. The van der Waals surface area contributed by atoms with Crippen LogP contribution in [-0.2, 0) is 6.42 Å². The van der Waals surface area contributed by atoms with Crippen molar-refractivity contribution in [3.63, 3.8) is 0 Å². The number of hydrogen-bond donors (Lipinski definition) is 2. The van der Waals surface area contributed by atoms with E-state index in [0.29, 0.717) is 12.8 Å². The number of hydrogen-bond acceptors (Lipinski definition) is 3. The maximum absolute atomic E-state index is 12.1. The normalized spacial score (nSPS) is 12.8. The lowest BCUT2D eigenvalue weighted by Gasteiger charge is -2.31. The van der Waals surface area contributed by atoms with Gasteiger partial charge in [-0.1, -0.05) is 26.0 Å². The standard InChI is InChI=1S/C15H21F3O3/c1-11(2)7-14(9-19,10-20)8-12-3-5-13(6-4-12)21-15(16,17)18/h3-6,11,19-20H,7-10H2,1-2H3. The van der Waals surface area contributed by atoms with Crippen molar-refractivity contribution in [2.24, 2.45) is 11.3 Å². The van der Waals surface area contributed by atoms with Gasteiger partial charge in [0.25, 0.3) is 0 Å². The van der Waals surface area contributed by atoms with Crippen molar-refractivity contribution in [1.29, 1.82) is 0 Å². The molecule has 2 N–H and O–H groups in total. The zero-order valence-corrected chi connectivity index (χ0v) is 12.2. The number of halogens is 3. The maximum atomic E-state index is 12.1. The van der Waals surface area contributed by atoms with Gasteiger partial charge in [-0.05, 0) is 36.5 Å². The van der Waals surface area contributed by atoms with E-state index in [2.05, 4.69) is 4.74 Å². The molecule has 0 spiro atoms. The van der Waals surface area contributed by atoms with Gasteiger partial charge in [-0.25, -0.2) is 0 Å². The van der Waals surface area contributed by atoms with Crippen LogP contribution >= 0.6 is 0 Å². The van der Waals surface area contributed by atoms with Crippen LogP contribution in [0.25, 0.3) is 0 Å². The molecule has 21 heavy (non-hydrogen) atoms. The quantitative estimate of drug-likeness (QED) is 0.813. The van der Waals surface area contributed by atoms with Gasteiger partial charge in [-0.2, -0.15) is 0 Å². The van der Waals surface area contributed by atoms with Gasteiger partial charge in [0, 0.05) is 5.41 Å². The molecular weight excluding hydrogens is 285 g/mol. The Kier molecular flexibility index (Phi) is 6.04. The number of benzene rings is 1. The summed E-state index contributed by atoms with van der Waals surface area (Å²) in [5.41, 5.74) is 0.0777. The second-order valence-electron chi connectivity index (χ2n) is 5.78. The third-order valence-corrected chi connectivity index (χ3v) is 3.25. The first kappa shape index (κ1) is 17.8. The Morgan fingerprint density at radius 3 is 1.95 bits per heavy atom. The minimum Gasteiger partial charge on any atom is -0.406 e. The van der Waals surface area contributed by atoms with E-state index in [9.17, 15) is 23.4 Å². The number of alkyl halides is 3. The molecule has 0 heterocycles. The molecule has 3 nitrogen and oxygen atoms in total. The fourth-order valence-corrected chi connectivity index (χ4v) is 2.47. The fourth-order valence-electron chi connectivity index (χ4n) is 2.47. The Labute approximate surface area is 122 Å². The third kappa shape index (κ3) is 5.93. The molecule has 120 valence electrons. The number of aliphatic hydroxyl groups excluding tert-OH is 2. The van der Waals surface area contributed by atoms with Gasteiger partial charge in [-0.15, -0.1) is 13.2 Å². The van der Waals surface area contributed by atoms with E-state index in [1.165, 1.54) is 24.3 Å². The maximum Gasteiger partial charge on any atom is 0.573 e. The van der Waals surface area contributed by atoms with E-state index in [0.717, 1.165) is 5.56 Å². The summed E-state index contributed by atoms with van der Waals surface area (Å²) in [6.45, 7) is 3.62. The van der Waals surface area contributed by atoms with Crippen molar-refractivity contribution < 1.29 is 28.1 Å². The molecule has 0 saturated carbocycles. The van der Waals surface area contributed by atoms with Crippen molar-refractivity contribution in [2.45, 2.75) is 33.1 Å². The van der Waals surface area contributed by atoms with Gasteiger partial charge >= 0.3 is 6.36 Å². The molecule has 0 aliphatic rings. The van der Waals surface area contributed by atoms with E-state index in [1.807, 2.05) is 13.8 Å². The molecule has 6 heteroatoms. The lowest BCUT2D eigenvalue weighted by atomic mass is 9.76. The molecule has 0 aliphatic carbocycles. The molecule has 0 aromatic heterocycles. The van der Waals surface area contributed by atoms with E-state index in [4.69, 9.17) is 0 Å². The van der Waals surface area contributed by atoms with E-state index in [1.54, 1.807) is 0 Å². The summed E-state index contributed by atoms with van der Waals surface area (Å²) in [4.78, 5) is 0. The highest BCUT2D eigenvalue weighted by Crippen LogP contribution is 2.31. The summed E-state index contributed by atoms with van der Waals surface area (Å²) >= 11 is 0. The van der Waals surface area contributed by atoms with Crippen LogP contribution < -0.4 is 4.74 Å². The smallest absolute Gasteiger partial charge is 0.406 e. The van der Waals surface area contributed by atoms with Gasteiger partial charge in [0.1, 0.15) is 5.75 Å². The van der Waals surface area contributed by atoms with Gasteiger partial charge in [0.2, 0.25) is 0 Å². The SMILES string of the molecule is CC(C)CC(CO)(CO)Cc1ccc(OC(F)(F)F)cc1. The number of ether oxygens (including phenoxy) is 1. The summed E-state index contributed by atoms with van der Waals surface area (Å²) in [6.07, 6.45) is -3.69. The lowest BCUT2D eigenvalue weighted by Crippen LogP contribution is -2.34. The van der Waals surface area contributed by atoms with Crippen molar-refractivity contribution in [2.75, 3.05) is 13.2 Å². The molecule has 0 saturated heterocycles. The summed E-state index contributed by atoms with van der Waals surface area (Å²) in [7, 11) is 0. The van der Waals surface area contributed by atoms with E-state index >= 15 is 0 Å². The Morgan fingerprint density at radius 2 is 1.57 bits per heavy atom. The molecule has 0 unspecified atom stereocenters. The van der Waals surface area contributed by atoms with Crippen LogP contribution in [0.4, 0.5) is 13.2 Å². The van der Waals surface area contributed by atoms with Crippen molar-refractivity contribution in [3.05, 3.63) is 29.8 Å². The van der Waals surface area contributed by atoms with E-state index < -0.39 is 11.8 Å². The summed E-state index contributed by atoms with van der Waals surface area (Å²) in [6, 6.07) is 5.50. The van der Waals surface area contributed by atoms with Crippen molar-refractivity contribution in [3.8, 4) is 5.75 Å². The molecule has 1 aromatic rings. The molecule has 0 bridgehead atoms. The molecular formula is C15H21F3O3. The zero-order chi connectivity index (χ0) is 16.1. The lowest BCUT2D eigenvalue weighted by molar-refractivity contribution is -0.274. The molecule has 1 aromatic carbocycles. The van der Waals surface area contributed by atoms with Gasteiger partial charge < -0.3 is 14.9 Å². The highest BCUT2D eigenvalue weighted by molar-refractivity contribution is 5.28. The first-order valence-corrected chi connectivity index (χ1v) is 6.76. The topological polar surface area (TPSA) is 49.7 Å². The van der Waals surface area contributed by atoms with Gasteiger partial charge in [0.05, 0.1) is 13.2 Å².